The van der Waals surface area contributed by atoms with Gasteiger partial charge in [-0.3, -0.25) is 4.79 Å². The summed E-state index contributed by atoms with van der Waals surface area (Å²) in [5, 5.41) is -0.527. The van der Waals surface area contributed by atoms with Gasteiger partial charge in [-0.05, 0) is 36.2 Å². The maximum Gasteiger partial charge on any atom is 0.416 e. The van der Waals surface area contributed by atoms with Crippen LogP contribution >= 0.6 is 0 Å². The van der Waals surface area contributed by atoms with Crippen molar-refractivity contribution >= 4 is 21.6 Å². The zero-order chi connectivity index (χ0) is 28.9. The van der Waals surface area contributed by atoms with E-state index in [1.54, 1.807) is 38.2 Å². The summed E-state index contributed by atoms with van der Waals surface area (Å²) in [5.74, 6) is -0.783. The molecule has 0 atom stereocenters. The number of halogens is 6. The van der Waals surface area contributed by atoms with Crippen molar-refractivity contribution in [3.05, 3.63) is 70.3 Å². The number of carbonyl (C=O) groups is 1. The van der Waals surface area contributed by atoms with Crippen molar-refractivity contribution in [3.8, 4) is 11.3 Å². The zero-order valence-electron chi connectivity index (χ0n) is 20.9. The van der Waals surface area contributed by atoms with E-state index in [9.17, 15) is 39.6 Å². The van der Waals surface area contributed by atoms with Gasteiger partial charge in [0.15, 0.2) is 0 Å². The number of aryl methyl sites for hydroxylation is 1. The Morgan fingerprint density at radius 1 is 0.923 bits per heavy atom. The van der Waals surface area contributed by atoms with Crippen LogP contribution < -0.4 is 4.90 Å². The number of anilines is 1. The number of sulfone groups is 1. The molecule has 2 aromatic carbocycles. The lowest BCUT2D eigenvalue weighted by Crippen LogP contribution is -2.33. The molecule has 1 amide bonds. The van der Waals surface area contributed by atoms with Crippen LogP contribution in [0.3, 0.4) is 0 Å². The quantitative estimate of drug-likeness (QED) is 0.324. The van der Waals surface area contributed by atoms with Crippen LogP contribution in [0.2, 0.25) is 0 Å². The highest BCUT2D eigenvalue weighted by Gasteiger charge is 2.38. The minimum Gasteiger partial charge on any atom is -0.357 e. The van der Waals surface area contributed by atoms with Crippen LogP contribution in [0.15, 0.2) is 47.6 Å². The summed E-state index contributed by atoms with van der Waals surface area (Å²) in [5.41, 5.74) is -2.41. The van der Waals surface area contributed by atoms with Gasteiger partial charge in [-0.25, -0.2) is 18.4 Å². The summed E-state index contributed by atoms with van der Waals surface area (Å²) >= 11 is 0. The molecule has 0 saturated carbocycles. The first-order chi connectivity index (χ1) is 18.0. The predicted molar refractivity (Wildman–Crippen MR) is 130 cm³/mol. The van der Waals surface area contributed by atoms with Gasteiger partial charge in [-0.15, -0.1) is 0 Å². The number of benzene rings is 2. The molecule has 1 aliphatic heterocycles. The molecule has 0 saturated heterocycles. The third-order valence-corrected chi connectivity index (χ3v) is 7.04. The Bertz CT molecular complexity index is 1520. The first-order valence-electron chi connectivity index (χ1n) is 11.4. The lowest BCUT2D eigenvalue weighted by Gasteiger charge is -2.23. The van der Waals surface area contributed by atoms with E-state index in [1.165, 1.54) is 4.90 Å². The van der Waals surface area contributed by atoms with Crippen molar-refractivity contribution in [3.63, 3.8) is 0 Å². The van der Waals surface area contributed by atoms with E-state index < -0.39 is 50.9 Å². The van der Waals surface area contributed by atoms with Gasteiger partial charge in [0.05, 0.1) is 16.8 Å². The van der Waals surface area contributed by atoms with Gasteiger partial charge in [0.1, 0.15) is 11.4 Å². The number of nitrogens with zero attached hydrogens (tertiary/aromatic N) is 4. The Morgan fingerprint density at radius 2 is 1.51 bits per heavy atom. The van der Waals surface area contributed by atoms with Crippen molar-refractivity contribution in [1.82, 2.24) is 14.9 Å². The lowest BCUT2D eigenvalue weighted by molar-refractivity contribution is -0.143. The van der Waals surface area contributed by atoms with Gasteiger partial charge in [-0.1, -0.05) is 24.3 Å². The summed E-state index contributed by atoms with van der Waals surface area (Å²) in [6, 6.07) is 7.88. The summed E-state index contributed by atoms with van der Waals surface area (Å²) < 4.78 is 105. The van der Waals surface area contributed by atoms with Crippen molar-refractivity contribution in [2.24, 2.45) is 0 Å². The second kappa shape index (κ2) is 9.81. The molecule has 7 nitrogen and oxygen atoms in total. The second-order valence-electron chi connectivity index (χ2n) is 9.20. The summed E-state index contributed by atoms with van der Waals surface area (Å²) in [7, 11) is -2.37. The van der Waals surface area contributed by atoms with Gasteiger partial charge in [-0.2, -0.15) is 26.3 Å². The normalized spacial score (nSPS) is 14.8. The number of hydrogen-bond donors (Lipinski definition) is 0. The predicted octanol–water partition coefficient (Wildman–Crippen LogP) is 4.99. The lowest BCUT2D eigenvalue weighted by atomic mass is 10.00. The highest BCUT2D eigenvalue weighted by atomic mass is 32.2. The van der Waals surface area contributed by atoms with Gasteiger partial charge in [0, 0.05) is 38.5 Å². The smallest absolute Gasteiger partial charge is 0.357 e. The van der Waals surface area contributed by atoms with E-state index in [0.717, 1.165) is 11.2 Å². The standard InChI is InChI=1S/C25H22F6N4O3S/c1-14-6-4-5-7-18(14)20-19-21(33-23(32-20)39(3,37)38)34(2)8-9-35(22(19)36)13-15-10-16(24(26,27)28)12-17(11-15)25(29,30)31/h4-7,10-12H,8-9,13H2,1-3H3. The van der Waals surface area contributed by atoms with Crippen LogP contribution in [0.1, 0.15) is 32.6 Å². The van der Waals surface area contributed by atoms with Gasteiger partial charge >= 0.3 is 12.4 Å². The molecule has 2 heterocycles. The van der Waals surface area contributed by atoms with Crippen molar-refractivity contribution in [2.45, 2.75) is 31.0 Å². The number of fused-ring (bicyclic) bond motifs is 1. The Balaban J connectivity index is 1.89. The van der Waals surface area contributed by atoms with Crippen molar-refractivity contribution in [2.75, 3.05) is 31.3 Å². The molecular weight excluding hydrogens is 550 g/mol. The SMILES string of the molecule is Cc1ccccc1-c1nc(S(C)(=O)=O)nc2c1C(=O)N(Cc1cc(C(F)(F)F)cc(C(F)(F)F)c1)CCN2C. The highest BCUT2D eigenvalue weighted by molar-refractivity contribution is 7.90. The second-order valence-corrected chi connectivity index (χ2v) is 11.1. The number of likely N-dealkylation sites (N-methyl/N-ethyl adjacent to an activating group) is 1. The molecule has 3 aromatic rings. The Hall–Kier alpha value is -3.68. The van der Waals surface area contributed by atoms with Crippen LogP contribution in [0.4, 0.5) is 32.2 Å². The number of aromatic nitrogens is 2. The fourth-order valence-corrected chi connectivity index (χ4v) is 4.73. The average Bonchev–Trinajstić information content (AvgIpc) is 2.94. The molecule has 1 aliphatic rings. The third kappa shape index (κ3) is 5.84. The zero-order valence-corrected chi connectivity index (χ0v) is 21.7. The largest absolute Gasteiger partial charge is 0.416 e. The van der Waals surface area contributed by atoms with Crippen LogP contribution in [0.25, 0.3) is 11.3 Å². The fraction of sp³-hybridized carbons (Fsp3) is 0.320. The Morgan fingerprint density at radius 3 is 2.05 bits per heavy atom. The first kappa shape index (κ1) is 28.3. The molecule has 39 heavy (non-hydrogen) atoms. The minimum absolute atomic E-state index is 0.0118. The van der Waals surface area contributed by atoms with E-state index >= 15 is 0 Å². The number of rotatable bonds is 4. The molecule has 14 heteroatoms. The number of alkyl halides is 6. The monoisotopic (exact) mass is 572 g/mol. The van der Waals surface area contributed by atoms with E-state index in [-0.39, 0.29) is 41.8 Å². The molecule has 0 bridgehead atoms. The van der Waals surface area contributed by atoms with Gasteiger partial charge < -0.3 is 9.80 Å². The molecule has 0 radical (unpaired) electrons. The molecule has 0 unspecified atom stereocenters. The van der Waals surface area contributed by atoms with Crippen LogP contribution in [0, 0.1) is 6.92 Å². The first-order valence-corrected chi connectivity index (χ1v) is 13.3. The van der Waals surface area contributed by atoms with E-state index in [1.807, 2.05) is 0 Å². The Kier molecular flexibility index (Phi) is 7.13. The topological polar surface area (TPSA) is 83.5 Å². The van der Waals surface area contributed by atoms with Crippen molar-refractivity contribution < 1.29 is 39.6 Å². The highest BCUT2D eigenvalue weighted by Crippen LogP contribution is 2.38. The van der Waals surface area contributed by atoms with Crippen LogP contribution in [-0.2, 0) is 28.7 Å². The number of hydrogen-bond acceptors (Lipinski definition) is 6. The molecule has 0 aliphatic carbocycles. The van der Waals surface area contributed by atoms with Gasteiger partial charge in [0.25, 0.3) is 5.91 Å². The minimum atomic E-state index is -5.04. The van der Waals surface area contributed by atoms with E-state index in [4.69, 9.17) is 0 Å². The molecule has 0 N–H and O–H groups in total. The summed E-state index contributed by atoms with van der Waals surface area (Å²) in [4.78, 5) is 24.7. The molecule has 0 spiro atoms. The van der Waals surface area contributed by atoms with Crippen molar-refractivity contribution in [1.29, 1.82) is 0 Å². The molecular formula is C25H22F6N4O3S. The number of amides is 1. The van der Waals surface area contributed by atoms with E-state index in [2.05, 4.69) is 9.97 Å². The molecule has 208 valence electrons. The maximum absolute atomic E-state index is 13.8. The van der Waals surface area contributed by atoms with Crippen LogP contribution in [-0.4, -0.2) is 55.6 Å². The molecule has 1 aromatic heterocycles. The summed E-state index contributed by atoms with van der Waals surface area (Å²) in [6.07, 6.45) is -9.17. The maximum atomic E-state index is 13.8. The van der Waals surface area contributed by atoms with E-state index in [0.29, 0.717) is 23.3 Å². The molecule has 0 fully saturated rings. The third-order valence-electron chi connectivity index (χ3n) is 6.19. The summed E-state index contributed by atoms with van der Waals surface area (Å²) in [6.45, 7) is 1.12. The molecule has 4 rings (SSSR count). The van der Waals surface area contributed by atoms with Crippen LogP contribution in [0.5, 0.6) is 0 Å². The Labute approximate surface area is 220 Å². The number of carbonyl (C=O) groups excluding carboxylic acids is 1. The van der Waals surface area contributed by atoms with Gasteiger partial charge in [0.2, 0.25) is 15.0 Å². The average molecular weight is 573 g/mol. The fourth-order valence-electron chi connectivity index (χ4n) is 4.22.